The second-order valence-electron chi connectivity index (χ2n) is 11.9. The van der Waals surface area contributed by atoms with Crippen LogP contribution in [0, 0.1) is 5.92 Å². The molecule has 0 spiro atoms. The Bertz CT molecular complexity index is 767. The smallest absolute Gasteiger partial charge is 0.306 e. The Morgan fingerprint density at radius 1 is 0.651 bits per heavy atom. The number of carbonyl (C=O) groups excluding carboxylic acids is 2. The fraction of sp³-hybridized carbons (Fsp3) is 0.730. The van der Waals surface area contributed by atoms with Crippen LogP contribution in [0.4, 0.5) is 0 Å². The van der Waals surface area contributed by atoms with E-state index in [1.807, 2.05) is 6.92 Å². The van der Waals surface area contributed by atoms with Gasteiger partial charge in [-0.05, 0) is 63.7 Å². The molecule has 2 N–H and O–H groups in total. The summed E-state index contributed by atoms with van der Waals surface area (Å²) in [6.45, 7) is 6.08. The largest absolute Gasteiger partial charge is 0.462 e. The molecule has 0 aromatic carbocycles. The van der Waals surface area contributed by atoms with Crippen LogP contribution in [0.5, 0.6) is 0 Å². The Morgan fingerprint density at radius 2 is 1.16 bits per heavy atom. The first-order chi connectivity index (χ1) is 20.9. The van der Waals surface area contributed by atoms with Crippen molar-refractivity contribution in [2.45, 2.75) is 155 Å². The van der Waals surface area contributed by atoms with Gasteiger partial charge < -0.3 is 19.7 Å². The van der Waals surface area contributed by atoms with E-state index in [9.17, 15) is 19.8 Å². The van der Waals surface area contributed by atoms with Crippen LogP contribution in [-0.2, 0) is 19.1 Å². The van der Waals surface area contributed by atoms with Crippen LogP contribution < -0.4 is 0 Å². The van der Waals surface area contributed by atoms with Gasteiger partial charge in [-0.1, -0.05) is 121 Å². The molecular weight excluding hydrogens is 540 g/mol. The molecule has 0 fully saturated rings. The first-order valence-electron chi connectivity index (χ1n) is 17.1. The van der Waals surface area contributed by atoms with E-state index in [4.69, 9.17) is 9.47 Å². The third-order valence-electron chi connectivity index (χ3n) is 7.22. The number of hydrogen-bond donors (Lipinski definition) is 2. The molecule has 0 radical (unpaired) electrons. The molecule has 0 aliphatic carbocycles. The average Bonchev–Trinajstić information content (AvgIpc) is 2.99. The fourth-order valence-corrected chi connectivity index (χ4v) is 4.42. The topological polar surface area (TPSA) is 93.1 Å². The van der Waals surface area contributed by atoms with Gasteiger partial charge in [-0.3, -0.25) is 9.59 Å². The van der Waals surface area contributed by atoms with Gasteiger partial charge >= 0.3 is 11.9 Å². The summed E-state index contributed by atoms with van der Waals surface area (Å²) in [7, 11) is 0. The maximum absolute atomic E-state index is 12.1. The lowest BCUT2D eigenvalue weighted by Crippen LogP contribution is -2.28. The molecule has 0 aromatic heterocycles. The number of ether oxygens (including phenoxy) is 2. The first kappa shape index (κ1) is 40.8. The van der Waals surface area contributed by atoms with Crippen LogP contribution in [0.3, 0.4) is 0 Å². The minimum atomic E-state index is -0.800. The Morgan fingerprint density at radius 3 is 1.72 bits per heavy atom. The van der Waals surface area contributed by atoms with E-state index in [0.29, 0.717) is 19.3 Å². The van der Waals surface area contributed by atoms with E-state index >= 15 is 0 Å². The summed E-state index contributed by atoms with van der Waals surface area (Å²) in [6, 6.07) is 0. The highest BCUT2D eigenvalue weighted by molar-refractivity contribution is 5.70. The van der Waals surface area contributed by atoms with Crippen LogP contribution in [0.25, 0.3) is 0 Å². The predicted molar refractivity (Wildman–Crippen MR) is 179 cm³/mol. The Balaban J connectivity index is 3.73. The third-order valence-corrected chi connectivity index (χ3v) is 7.22. The summed E-state index contributed by atoms with van der Waals surface area (Å²) in [4.78, 5) is 24.1. The summed E-state index contributed by atoms with van der Waals surface area (Å²) in [5.41, 5.74) is 0. The minimum Gasteiger partial charge on any atom is -0.462 e. The van der Waals surface area contributed by atoms with E-state index in [-0.39, 0.29) is 31.3 Å². The molecule has 0 saturated heterocycles. The molecule has 0 heterocycles. The molecule has 0 saturated carbocycles. The van der Waals surface area contributed by atoms with Gasteiger partial charge in [-0.25, -0.2) is 0 Å². The Hall–Kier alpha value is -2.18. The highest BCUT2D eigenvalue weighted by Crippen LogP contribution is 2.13. The summed E-state index contributed by atoms with van der Waals surface area (Å²) >= 11 is 0. The van der Waals surface area contributed by atoms with E-state index in [1.165, 1.54) is 38.5 Å². The molecule has 2 atom stereocenters. The highest BCUT2D eigenvalue weighted by atomic mass is 16.6. The normalized spacial score (nSPS) is 13.6. The van der Waals surface area contributed by atoms with Gasteiger partial charge in [0, 0.05) is 12.8 Å². The molecule has 0 bridgehead atoms. The van der Waals surface area contributed by atoms with Crippen molar-refractivity contribution in [2.24, 2.45) is 5.92 Å². The van der Waals surface area contributed by atoms with Crippen LogP contribution in [-0.4, -0.2) is 47.6 Å². The molecule has 0 rings (SSSR count). The molecule has 43 heavy (non-hydrogen) atoms. The van der Waals surface area contributed by atoms with Crippen molar-refractivity contribution < 1.29 is 29.3 Å². The lowest BCUT2D eigenvalue weighted by molar-refractivity contribution is -0.161. The first-order valence-corrected chi connectivity index (χ1v) is 17.1. The van der Waals surface area contributed by atoms with Gasteiger partial charge in [-0.2, -0.15) is 0 Å². The van der Waals surface area contributed by atoms with Crippen molar-refractivity contribution in [1.82, 2.24) is 0 Å². The Kier molecular flexibility index (Phi) is 29.7. The molecule has 6 nitrogen and oxygen atoms in total. The Labute approximate surface area is 263 Å². The fourth-order valence-electron chi connectivity index (χ4n) is 4.42. The zero-order chi connectivity index (χ0) is 31.8. The standard InChI is InChI=1S/C37H64O6/c1-4-34(39)28-24-20-16-11-9-7-5-6-8-10-12-17-21-25-29-36(40)42-32-35(31-38)43-37(41)30-26-22-18-14-13-15-19-23-27-33(2)3/h6-9,12,16-17,20,33-35,38-39H,4-5,10-11,13-15,18-19,21-32H2,1-3H3/b8-6-,9-7-,17-12-,20-16-/t34-,35-/m0/s1. The number of allylic oxidation sites excluding steroid dienone is 8. The van der Waals surface area contributed by atoms with Crippen molar-refractivity contribution in [3.63, 3.8) is 0 Å². The number of rotatable bonds is 29. The van der Waals surface area contributed by atoms with Gasteiger partial charge in [0.05, 0.1) is 12.7 Å². The van der Waals surface area contributed by atoms with Crippen molar-refractivity contribution in [3.05, 3.63) is 48.6 Å². The van der Waals surface area contributed by atoms with Crippen molar-refractivity contribution in [1.29, 1.82) is 0 Å². The van der Waals surface area contributed by atoms with Crippen LogP contribution in [0.15, 0.2) is 48.6 Å². The molecule has 0 aliphatic rings. The van der Waals surface area contributed by atoms with E-state index in [2.05, 4.69) is 62.5 Å². The summed E-state index contributed by atoms with van der Waals surface area (Å²) in [6.07, 6.45) is 34.1. The number of aliphatic hydroxyl groups is 2. The minimum absolute atomic E-state index is 0.105. The predicted octanol–water partition coefficient (Wildman–Crippen LogP) is 9.11. The van der Waals surface area contributed by atoms with E-state index in [1.54, 1.807) is 0 Å². The highest BCUT2D eigenvalue weighted by Gasteiger charge is 2.16. The zero-order valence-corrected chi connectivity index (χ0v) is 27.7. The monoisotopic (exact) mass is 604 g/mol. The number of carbonyl (C=O) groups is 2. The molecule has 0 unspecified atom stereocenters. The lowest BCUT2D eigenvalue weighted by Gasteiger charge is -2.15. The van der Waals surface area contributed by atoms with Gasteiger partial charge in [0.2, 0.25) is 0 Å². The quantitative estimate of drug-likeness (QED) is 0.0502. The maximum atomic E-state index is 12.1. The summed E-state index contributed by atoms with van der Waals surface area (Å²) in [5, 5.41) is 19.0. The van der Waals surface area contributed by atoms with Gasteiger partial charge in [-0.15, -0.1) is 0 Å². The molecular formula is C37H64O6. The number of esters is 2. The molecule has 0 aliphatic heterocycles. The van der Waals surface area contributed by atoms with Crippen LogP contribution in [0.2, 0.25) is 0 Å². The lowest BCUT2D eigenvalue weighted by atomic mass is 10.0. The summed E-state index contributed by atoms with van der Waals surface area (Å²) < 4.78 is 10.5. The van der Waals surface area contributed by atoms with Crippen molar-refractivity contribution in [3.8, 4) is 0 Å². The average molecular weight is 605 g/mol. The second-order valence-corrected chi connectivity index (χ2v) is 11.9. The van der Waals surface area contributed by atoms with Crippen LogP contribution >= 0.6 is 0 Å². The molecule has 248 valence electrons. The maximum Gasteiger partial charge on any atom is 0.306 e. The number of aliphatic hydroxyl groups excluding tert-OH is 2. The van der Waals surface area contributed by atoms with Crippen LogP contribution in [0.1, 0.15) is 143 Å². The number of unbranched alkanes of at least 4 members (excludes halogenated alkanes) is 8. The second kappa shape index (κ2) is 31.3. The van der Waals surface area contributed by atoms with Crippen molar-refractivity contribution in [2.75, 3.05) is 13.2 Å². The SMILES string of the molecule is CC[C@H](O)CC/C=C\C/C=C\C/C=C\C/C=C\CCCC(=O)OC[C@H](CO)OC(=O)CCCCCCCCCCC(C)C. The van der Waals surface area contributed by atoms with E-state index < -0.39 is 6.10 Å². The van der Waals surface area contributed by atoms with Crippen molar-refractivity contribution >= 4 is 11.9 Å². The molecule has 6 heteroatoms. The third kappa shape index (κ3) is 31.1. The molecule has 0 amide bonds. The van der Waals surface area contributed by atoms with E-state index in [0.717, 1.165) is 70.1 Å². The number of hydrogen-bond acceptors (Lipinski definition) is 6. The summed E-state index contributed by atoms with van der Waals surface area (Å²) in [5.74, 6) is 0.115. The van der Waals surface area contributed by atoms with Gasteiger partial charge in [0.15, 0.2) is 6.10 Å². The molecule has 0 aromatic rings. The van der Waals surface area contributed by atoms with Gasteiger partial charge in [0.1, 0.15) is 6.61 Å². The zero-order valence-electron chi connectivity index (χ0n) is 27.7. The van der Waals surface area contributed by atoms with Gasteiger partial charge in [0.25, 0.3) is 0 Å².